The van der Waals surface area contributed by atoms with E-state index in [0.717, 1.165) is 0 Å². The average molecular weight is 179 g/mol. The van der Waals surface area contributed by atoms with Crippen LogP contribution in [-0.4, -0.2) is 7.11 Å². The molecule has 1 aromatic carbocycles. The van der Waals surface area contributed by atoms with Crippen molar-refractivity contribution >= 4 is 0 Å². The summed E-state index contributed by atoms with van der Waals surface area (Å²) in [6.45, 7) is 1.66. The quantitative estimate of drug-likeness (QED) is 0.698. The fourth-order valence-electron chi connectivity index (χ4n) is 1.09. The Balaban J connectivity index is 3.04. The number of aryl methyl sites for hydroxylation is 1. The highest BCUT2D eigenvalue weighted by atomic mass is 19.1. The minimum Gasteiger partial charge on any atom is -0.362 e. The molecule has 1 unspecified atom stereocenters. The Hall–Kier alpha value is -1.40. The Kier molecular flexibility index (Phi) is 2.99. The molecular formula is C10H10FNO. The third-order valence-electron chi connectivity index (χ3n) is 1.84. The number of rotatable bonds is 2. The van der Waals surface area contributed by atoms with E-state index >= 15 is 0 Å². The molecule has 0 fully saturated rings. The van der Waals surface area contributed by atoms with Gasteiger partial charge in [0, 0.05) is 7.11 Å². The van der Waals surface area contributed by atoms with Gasteiger partial charge in [0.1, 0.15) is 5.82 Å². The summed E-state index contributed by atoms with van der Waals surface area (Å²) in [5.74, 6) is -0.267. The number of hydrogen-bond donors (Lipinski definition) is 0. The van der Waals surface area contributed by atoms with Crippen LogP contribution in [0.5, 0.6) is 0 Å². The van der Waals surface area contributed by atoms with Gasteiger partial charge in [-0.15, -0.1) is 0 Å². The van der Waals surface area contributed by atoms with Crippen molar-refractivity contribution in [2.24, 2.45) is 0 Å². The van der Waals surface area contributed by atoms with Crippen LogP contribution in [0.15, 0.2) is 18.2 Å². The molecule has 0 saturated heterocycles. The van der Waals surface area contributed by atoms with Gasteiger partial charge in [-0.1, -0.05) is 6.07 Å². The summed E-state index contributed by atoms with van der Waals surface area (Å²) in [5.41, 5.74) is 1.21. The lowest BCUT2D eigenvalue weighted by molar-refractivity contribution is 0.148. The van der Waals surface area contributed by atoms with Gasteiger partial charge in [-0.2, -0.15) is 5.26 Å². The molecule has 0 amide bonds. The second-order valence-corrected chi connectivity index (χ2v) is 2.75. The molecular weight excluding hydrogens is 169 g/mol. The normalized spacial score (nSPS) is 12.2. The molecule has 68 valence electrons. The number of ether oxygens (including phenoxy) is 1. The van der Waals surface area contributed by atoms with Crippen LogP contribution in [0.4, 0.5) is 4.39 Å². The smallest absolute Gasteiger partial charge is 0.168 e. The molecule has 2 nitrogen and oxygen atoms in total. The summed E-state index contributed by atoms with van der Waals surface area (Å²) in [5, 5.41) is 8.67. The first-order chi connectivity index (χ1) is 6.19. The molecule has 0 aromatic heterocycles. The van der Waals surface area contributed by atoms with E-state index in [1.807, 2.05) is 6.07 Å². The van der Waals surface area contributed by atoms with Crippen LogP contribution < -0.4 is 0 Å². The summed E-state index contributed by atoms with van der Waals surface area (Å²) < 4.78 is 17.7. The van der Waals surface area contributed by atoms with Crippen molar-refractivity contribution in [1.82, 2.24) is 0 Å². The Bertz CT molecular complexity index is 343. The van der Waals surface area contributed by atoms with Crippen molar-refractivity contribution in [2.75, 3.05) is 7.11 Å². The molecule has 1 atom stereocenters. The largest absolute Gasteiger partial charge is 0.362 e. The molecule has 0 aliphatic carbocycles. The van der Waals surface area contributed by atoms with Crippen LogP contribution in [0.3, 0.4) is 0 Å². The first-order valence-corrected chi connectivity index (χ1v) is 3.87. The third kappa shape index (κ3) is 2.04. The standard InChI is InChI=1S/C10H10FNO/c1-7-5-8(3-4-9(7)11)10(6-12)13-2/h3-5,10H,1-2H3. The zero-order valence-electron chi connectivity index (χ0n) is 7.54. The van der Waals surface area contributed by atoms with Crippen LogP contribution in [-0.2, 0) is 4.74 Å². The zero-order chi connectivity index (χ0) is 9.84. The topological polar surface area (TPSA) is 33.0 Å². The van der Waals surface area contributed by atoms with Crippen molar-refractivity contribution in [1.29, 1.82) is 5.26 Å². The van der Waals surface area contributed by atoms with Gasteiger partial charge in [-0.05, 0) is 30.2 Å². The molecule has 0 spiro atoms. The van der Waals surface area contributed by atoms with Gasteiger partial charge in [0.15, 0.2) is 6.10 Å². The summed E-state index contributed by atoms with van der Waals surface area (Å²) in [6, 6.07) is 6.48. The van der Waals surface area contributed by atoms with Crippen LogP contribution in [0.2, 0.25) is 0 Å². The molecule has 0 saturated carbocycles. The fraction of sp³-hybridized carbons (Fsp3) is 0.300. The Morgan fingerprint density at radius 2 is 2.23 bits per heavy atom. The maximum atomic E-state index is 12.8. The molecule has 0 radical (unpaired) electrons. The van der Waals surface area contributed by atoms with Crippen molar-refractivity contribution in [3.8, 4) is 6.07 Å². The average Bonchev–Trinajstić information content (AvgIpc) is 2.13. The fourth-order valence-corrected chi connectivity index (χ4v) is 1.09. The minimum atomic E-state index is -0.612. The number of benzene rings is 1. The second kappa shape index (κ2) is 4.01. The van der Waals surface area contributed by atoms with E-state index in [9.17, 15) is 4.39 Å². The predicted molar refractivity (Wildman–Crippen MR) is 46.5 cm³/mol. The highest BCUT2D eigenvalue weighted by Gasteiger charge is 2.09. The van der Waals surface area contributed by atoms with Gasteiger partial charge >= 0.3 is 0 Å². The predicted octanol–water partition coefficient (Wildman–Crippen LogP) is 2.35. The van der Waals surface area contributed by atoms with Gasteiger partial charge < -0.3 is 4.74 Å². The van der Waals surface area contributed by atoms with E-state index in [1.165, 1.54) is 13.2 Å². The molecule has 1 aromatic rings. The Labute approximate surface area is 76.6 Å². The van der Waals surface area contributed by atoms with Crippen LogP contribution in [0.1, 0.15) is 17.2 Å². The SMILES string of the molecule is COC(C#N)c1ccc(F)c(C)c1. The molecule has 1 rings (SSSR count). The van der Waals surface area contributed by atoms with Crippen molar-refractivity contribution in [3.05, 3.63) is 35.1 Å². The first-order valence-electron chi connectivity index (χ1n) is 3.87. The van der Waals surface area contributed by atoms with E-state index in [-0.39, 0.29) is 5.82 Å². The van der Waals surface area contributed by atoms with E-state index < -0.39 is 6.10 Å². The molecule has 13 heavy (non-hydrogen) atoms. The number of halogens is 1. The van der Waals surface area contributed by atoms with Gasteiger partial charge in [-0.3, -0.25) is 0 Å². The minimum absolute atomic E-state index is 0.267. The number of nitriles is 1. The molecule has 0 bridgehead atoms. The number of nitrogens with zero attached hydrogens (tertiary/aromatic N) is 1. The summed E-state index contributed by atoms with van der Waals surface area (Å²) >= 11 is 0. The lowest BCUT2D eigenvalue weighted by atomic mass is 10.1. The summed E-state index contributed by atoms with van der Waals surface area (Å²) in [4.78, 5) is 0. The molecule has 0 aliphatic heterocycles. The van der Waals surface area contributed by atoms with Crippen LogP contribution in [0, 0.1) is 24.1 Å². The Morgan fingerprint density at radius 1 is 1.54 bits per heavy atom. The van der Waals surface area contributed by atoms with Crippen molar-refractivity contribution < 1.29 is 9.13 Å². The number of hydrogen-bond acceptors (Lipinski definition) is 2. The highest BCUT2D eigenvalue weighted by Crippen LogP contribution is 2.18. The van der Waals surface area contributed by atoms with E-state index in [4.69, 9.17) is 10.00 Å². The second-order valence-electron chi connectivity index (χ2n) is 2.75. The van der Waals surface area contributed by atoms with Crippen LogP contribution >= 0.6 is 0 Å². The maximum absolute atomic E-state index is 12.8. The lowest BCUT2D eigenvalue weighted by Crippen LogP contribution is -1.98. The highest BCUT2D eigenvalue weighted by molar-refractivity contribution is 5.28. The van der Waals surface area contributed by atoms with E-state index in [2.05, 4.69) is 0 Å². The molecule has 0 aliphatic rings. The Morgan fingerprint density at radius 3 is 2.69 bits per heavy atom. The van der Waals surface area contributed by atoms with Crippen LogP contribution in [0.25, 0.3) is 0 Å². The van der Waals surface area contributed by atoms with Gasteiger partial charge in [-0.25, -0.2) is 4.39 Å². The monoisotopic (exact) mass is 179 g/mol. The van der Waals surface area contributed by atoms with Crippen molar-refractivity contribution in [2.45, 2.75) is 13.0 Å². The van der Waals surface area contributed by atoms with Gasteiger partial charge in [0.25, 0.3) is 0 Å². The van der Waals surface area contributed by atoms with Gasteiger partial charge in [0.2, 0.25) is 0 Å². The van der Waals surface area contributed by atoms with Crippen molar-refractivity contribution in [3.63, 3.8) is 0 Å². The lowest BCUT2D eigenvalue weighted by Gasteiger charge is -2.07. The first kappa shape index (κ1) is 9.69. The van der Waals surface area contributed by atoms with E-state index in [0.29, 0.717) is 11.1 Å². The third-order valence-corrected chi connectivity index (χ3v) is 1.84. The summed E-state index contributed by atoms with van der Waals surface area (Å²) in [6.07, 6.45) is -0.612. The molecule has 0 N–H and O–H groups in total. The summed E-state index contributed by atoms with van der Waals surface area (Å²) in [7, 11) is 1.45. The molecule has 3 heteroatoms. The molecule has 0 heterocycles. The maximum Gasteiger partial charge on any atom is 0.168 e. The van der Waals surface area contributed by atoms with Gasteiger partial charge in [0.05, 0.1) is 6.07 Å². The number of methoxy groups -OCH3 is 1. The zero-order valence-corrected chi connectivity index (χ0v) is 7.54. The van der Waals surface area contributed by atoms with E-state index in [1.54, 1.807) is 19.1 Å².